The summed E-state index contributed by atoms with van der Waals surface area (Å²) in [5.41, 5.74) is 0. The number of aliphatic carboxylic acids is 1. The molecule has 0 radical (unpaired) electrons. The molecular formula is C13H25N3O4. The van der Waals surface area contributed by atoms with Gasteiger partial charge in [-0.05, 0) is 12.8 Å². The van der Waals surface area contributed by atoms with E-state index in [0.29, 0.717) is 19.4 Å². The zero-order chi connectivity index (χ0) is 15.5. The number of carbonyl (C=O) groups is 3. The molecule has 0 heterocycles. The van der Waals surface area contributed by atoms with Crippen molar-refractivity contribution in [2.45, 2.75) is 45.6 Å². The molecule has 0 aromatic rings. The molecule has 1 atom stereocenters. The molecule has 0 fully saturated rings. The highest BCUT2D eigenvalue weighted by Crippen LogP contribution is 2.03. The summed E-state index contributed by atoms with van der Waals surface area (Å²) in [4.78, 5) is 35.8. The van der Waals surface area contributed by atoms with E-state index in [9.17, 15) is 14.4 Å². The lowest BCUT2D eigenvalue weighted by Gasteiger charge is -2.24. The van der Waals surface area contributed by atoms with Gasteiger partial charge in [-0.1, -0.05) is 26.7 Å². The second kappa shape index (κ2) is 10.1. The first-order chi connectivity index (χ1) is 9.46. The number of amides is 3. The lowest BCUT2D eigenvalue weighted by atomic mass is 10.1. The first kappa shape index (κ1) is 18.2. The molecule has 0 unspecified atom stereocenters. The third kappa shape index (κ3) is 6.96. The number of carbonyl (C=O) groups excluding carboxylic acids is 2. The first-order valence-electron chi connectivity index (χ1n) is 6.95. The van der Waals surface area contributed by atoms with Crippen molar-refractivity contribution in [2.75, 3.05) is 20.1 Å². The molecule has 0 saturated carbocycles. The molecule has 7 nitrogen and oxygen atoms in total. The zero-order valence-corrected chi connectivity index (χ0v) is 12.4. The molecule has 0 aliphatic heterocycles. The number of carboxylic acids is 1. The molecule has 0 aliphatic carbocycles. The van der Waals surface area contributed by atoms with E-state index in [4.69, 9.17) is 5.11 Å². The molecule has 3 amide bonds. The van der Waals surface area contributed by atoms with Crippen LogP contribution in [0, 0.1) is 0 Å². The number of nitrogens with zero attached hydrogens (tertiary/aromatic N) is 1. The Bertz CT molecular complexity index is 334. The predicted molar refractivity (Wildman–Crippen MR) is 75.4 cm³/mol. The Morgan fingerprint density at radius 3 is 2.30 bits per heavy atom. The van der Waals surface area contributed by atoms with E-state index < -0.39 is 18.0 Å². The van der Waals surface area contributed by atoms with Crippen molar-refractivity contribution in [1.29, 1.82) is 0 Å². The third-order valence-corrected chi connectivity index (χ3v) is 2.84. The van der Waals surface area contributed by atoms with E-state index in [-0.39, 0.29) is 12.5 Å². The monoisotopic (exact) mass is 287 g/mol. The largest absolute Gasteiger partial charge is 0.480 e. The second-order valence-electron chi connectivity index (χ2n) is 4.58. The Balaban J connectivity index is 4.61. The van der Waals surface area contributed by atoms with Gasteiger partial charge in [0.15, 0.2) is 0 Å². The molecule has 0 bridgehead atoms. The van der Waals surface area contributed by atoms with Crippen molar-refractivity contribution in [3.63, 3.8) is 0 Å². The van der Waals surface area contributed by atoms with E-state index in [1.165, 1.54) is 11.9 Å². The predicted octanol–water partition coefficient (Wildman–Crippen LogP) is 0.797. The van der Waals surface area contributed by atoms with E-state index >= 15 is 0 Å². The topological polar surface area (TPSA) is 98.7 Å². The average Bonchev–Trinajstić information content (AvgIpc) is 2.42. The van der Waals surface area contributed by atoms with Crippen LogP contribution in [0.2, 0.25) is 0 Å². The molecule has 0 aromatic heterocycles. The summed E-state index contributed by atoms with van der Waals surface area (Å²) in [6.45, 7) is 4.17. The van der Waals surface area contributed by atoms with Crippen molar-refractivity contribution in [3.05, 3.63) is 0 Å². The Hall–Kier alpha value is -1.79. The Morgan fingerprint density at radius 1 is 1.20 bits per heavy atom. The summed E-state index contributed by atoms with van der Waals surface area (Å²) < 4.78 is 0. The van der Waals surface area contributed by atoms with Crippen LogP contribution < -0.4 is 10.6 Å². The fourth-order valence-corrected chi connectivity index (χ4v) is 1.68. The molecule has 20 heavy (non-hydrogen) atoms. The van der Waals surface area contributed by atoms with Gasteiger partial charge in [-0.3, -0.25) is 4.79 Å². The molecular weight excluding hydrogens is 262 g/mol. The summed E-state index contributed by atoms with van der Waals surface area (Å²) >= 11 is 0. The highest BCUT2D eigenvalue weighted by molar-refractivity contribution is 5.86. The molecule has 0 aliphatic rings. The highest BCUT2D eigenvalue weighted by atomic mass is 16.4. The number of nitrogens with one attached hydrogen (secondary N) is 2. The van der Waals surface area contributed by atoms with Crippen LogP contribution in [0.15, 0.2) is 0 Å². The fourth-order valence-electron chi connectivity index (χ4n) is 1.68. The fraction of sp³-hybridized carbons (Fsp3) is 0.769. The minimum Gasteiger partial charge on any atom is -0.480 e. The molecule has 0 rings (SSSR count). The van der Waals surface area contributed by atoms with Gasteiger partial charge in [-0.25, -0.2) is 9.59 Å². The highest BCUT2D eigenvalue weighted by Gasteiger charge is 2.23. The summed E-state index contributed by atoms with van der Waals surface area (Å²) in [5.74, 6) is -1.34. The van der Waals surface area contributed by atoms with Gasteiger partial charge in [0.25, 0.3) is 0 Å². The standard InChI is InChI=1S/C13H25N3O4/c1-4-6-7-10(12(18)19)15-13(20)16(8-5-2)9-11(17)14-3/h10H,4-9H2,1-3H3,(H,14,17)(H,15,20)(H,18,19)/t10-/m0/s1. The van der Waals surface area contributed by atoms with Gasteiger partial charge in [-0.2, -0.15) is 0 Å². The number of likely N-dealkylation sites (N-methyl/N-ethyl adjacent to an activating group) is 1. The normalized spacial score (nSPS) is 11.6. The third-order valence-electron chi connectivity index (χ3n) is 2.84. The van der Waals surface area contributed by atoms with E-state index in [2.05, 4.69) is 10.6 Å². The van der Waals surface area contributed by atoms with E-state index in [1.54, 1.807) is 0 Å². The van der Waals surface area contributed by atoms with E-state index in [1.807, 2.05) is 13.8 Å². The van der Waals surface area contributed by atoms with Crippen LogP contribution in [0.1, 0.15) is 39.5 Å². The number of urea groups is 1. The van der Waals surface area contributed by atoms with Crippen molar-refractivity contribution in [3.8, 4) is 0 Å². The molecule has 0 saturated heterocycles. The Labute approximate surface area is 119 Å². The van der Waals surface area contributed by atoms with E-state index in [0.717, 1.165) is 12.8 Å². The van der Waals surface area contributed by atoms with Crippen LogP contribution >= 0.6 is 0 Å². The van der Waals surface area contributed by atoms with Crippen molar-refractivity contribution >= 4 is 17.9 Å². The maximum atomic E-state index is 12.0. The number of hydrogen-bond donors (Lipinski definition) is 3. The van der Waals surface area contributed by atoms with Gasteiger partial charge in [-0.15, -0.1) is 0 Å². The molecule has 0 aromatic carbocycles. The van der Waals surface area contributed by atoms with Crippen LogP contribution in [0.3, 0.4) is 0 Å². The maximum absolute atomic E-state index is 12.0. The van der Waals surface area contributed by atoms with Crippen LogP contribution in [0.25, 0.3) is 0 Å². The second-order valence-corrected chi connectivity index (χ2v) is 4.58. The summed E-state index contributed by atoms with van der Waals surface area (Å²) in [7, 11) is 1.49. The zero-order valence-electron chi connectivity index (χ0n) is 12.4. The Morgan fingerprint density at radius 2 is 1.85 bits per heavy atom. The SMILES string of the molecule is CCCC[C@H](NC(=O)N(CCC)CC(=O)NC)C(=O)O. The number of hydrogen-bond acceptors (Lipinski definition) is 3. The van der Waals surface area contributed by atoms with Crippen molar-refractivity contribution < 1.29 is 19.5 Å². The lowest BCUT2D eigenvalue weighted by molar-refractivity contribution is -0.139. The summed E-state index contributed by atoms with van der Waals surface area (Å²) in [5, 5.41) is 14.0. The molecule has 3 N–H and O–H groups in total. The van der Waals surface area contributed by atoms with Gasteiger partial charge in [0.2, 0.25) is 5.91 Å². The maximum Gasteiger partial charge on any atom is 0.326 e. The summed E-state index contributed by atoms with van der Waals surface area (Å²) in [6, 6.07) is -1.43. The van der Waals surface area contributed by atoms with Gasteiger partial charge < -0.3 is 20.6 Å². The minimum absolute atomic E-state index is 0.0731. The molecule has 7 heteroatoms. The number of unbranched alkanes of at least 4 members (excludes halogenated alkanes) is 1. The minimum atomic E-state index is -1.05. The molecule has 0 spiro atoms. The average molecular weight is 287 g/mol. The van der Waals surface area contributed by atoms with Gasteiger partial charge in [0, 0.05) is 13.6 Å². The van der Waals surface area contributed by atoms with Crippen molar-refractivity contribution in [2.24, 2.45) is 0 Å². The van der Waals surface area contributed by atoms with Gasteiger partial charge in [0.05, 0.1) is 0 Å². The van der Waals surface area contributed by atoms with Crippen LogP contribution in [0.4, 0.5) is 4.79 Å². The smallest absolute Gasteiger partial charge is 0.326 e. The van der Waals surface area contributed by atoms with Crippen molar-refractivity contribution in [1.82, 2.24) is 15.5 Å². The van der Waals surface area contributed by atoms with Crippen LogP contribution in [-0.4, -0.2) is 54.1 Å². The molecule has 116 valence electrons. The quantitative estimate of drug-likeness (QED) is 0.584. The van der Waals surface area contributed by atoms with Crippen LogP contribution in [0.5, 0.6) is 0 Å². The Kier molecular flexibility index (Phi) is 9.15. The lowest BCUT2D eigenvalue weighted by Crippen LogP contribution is -2.50. The van der Waals surface area contributed by atoms with Gasteiger partial charge >= 0.3 is 12.0 Å². The van der Waals surface area contributed by atoms with Gasteiger partial charge in [0.1, 0.15) is 12.6 Å². The summed E-state index contributed by atoms with van der Waals surface area (Å²) in [6.07, 6.45) is 2.66. The number of carboxylic acid groups (broad SMARTS) is 1. The number of rotatable bonds is 9. The first-order valence-corrected chi connectivity index (χ1v) is 6.95. The van der Waals surface area contributed by atoms with Crippen LogP contribution in [-0.2, 0) is 9.59 Å².